The molecular formula is C16H28N2NiO10S2+4. The van der Waals surface area contributed by atoms with Crippen LogP contribution in [0.3, 0.4) is 0 Å². The van der Waals surface area contributed by atoms with Crippen LogP contribution in [0.5, 0.6) is 0 Å². The summed E-state index contributed by atoms with van der Waals surface area (Å²) in [5.41, 5.74) is 0. The fourth-order valence-corrected chi connectivity index (χ4v) is 3.21. The molecule has 2 rings (SSSR count). The molecule has 2 heterocycles. The van der Waals surface area contributed by atoms with Crippen molar-refractivity contribution in [3.8, 4) is 0 Å². The predicted molar refractivity (Wildman–Crippen MR) is 111 cm³/mol. The third-order valence-electron chi connectivity index (χ3n) is 2.69. The number of carbonyl (C=O) groups excluding carboxylic acids is 2. The zero-order chi connectivity index (χ0) is 19.4. The first-order valence-corrected chi connectivity index (χ1v) is 9.39. The van der Waals surface area contributed by atoms with E-state index in [4.69, 9.17) is 0 Å². The van der Waals surface area contributed by atoms with Crippen molar-refractivity contribution in [2.24, 2.45) is 0 Å². The maximum atomic E-state index is 11.0. The average Bonchev–Trinajstić information content (AvgIpc) is 2.58. The first-order valence-electron chi connectivity index (χ1n) is 7.42. The molecule has 0 atom stereocenters. The van der Waals surface area contributed by atoms with Gasteiger partial charge in [0.15, 0.2) is 12.4 Å². The van der Waals surface area contributed by atoms with Gasteiger partial charge in [0.25, 0.3) is 10.1 Å². The van der Waals surface area contributed by atoms with Crippen molar-refractivity contribution in [3.63, 3.8) is 0 Å². The van der Waals surface area contributed by atoms with Crippen LogP contribution in [-0.2, 0) is 48.0 Å². The minimum atomic E-state index is -1.10. The molecule has 0 aliphatic rings. The summed E-state index contributed by atoms with van der Waals surface area (Å²) in [6.45, 7) is 0. The van der Waals surface area contributed by atoms with E-state index >= 15 is 0 Å². The molecule has 31 heavy (non-hydrogen) atoms. The Kier molecular flexibility index (Phi) is 28.6. The third-order valence-corrected chi connectivity index (χ3v) is 4.73. The summed E-state index contributed by atoms with van der Waals surface area (Å²) in [6.07, 6.45) is 2.67. The Hall–Kier alpha value is -2.13. The zero-order valence-electron chi connectivity index (χ0n) is 16.2. The number of aromatic nitrogens is 2. The Bertz CT molecular complexity index is 682. The summed E-state index contributed by atoms with van der Waals surface area (Å²) in [7, 11) is 0. The van der Waals surface area contributed by atoms with Crippen LogP contribution in [0.4, 0.5) is 0 Å². The largest absolute Gasteiger partial charge is 2.00 e. The summed E-state index contributed by atoms with van der Waals surface area (Å²) in [5, 5.41) is 43.2. The molecule has 0 radical (unpaired) electrons. The van der Waals surface area contributed by atoms with E-state index in [1.807, 2.05) is 0 Å². The summed E-state index contributed by atoms with van der Waals surface area (Å²) < 4.78 is 1.42. The van der Waals surface area contributed by atoms with Crippen LogP contribution >= 0.6 is 23.5 Å². The number of nitrogens with zero attached hydrogens (tertiary/aromatic N) is 2. The smallest absolute Gasteiger partial charge is 0.618 e. The van der Waals surface area contributed by atoms with Gasteiger partial charge in [0.05, 0.1) is 0 Å². The van der Waals surface area contributed by atoms with Gasteiger partial charge in [-0.3, -0.25) is 0 Å². The molecule has 0 aromatic carbocycles. The molecule has 0 saturated heterocycles. The van der Waals surface area contributed by atoms with Crippen LogP contribution in [0.1, 0.15) is 12.8 Å². The molecule has 0 fully saturated rings. The first kappa shape index (κ1) is 39.4. The van der Waals surface area contributed by atoms with Gasteiger partial charge in [0.1, 0.15) is 0 Å². The molecule has 0 unspecified atom stereocenters. The van der Waals surface area contributed by atoms with Crippen molar-refractivity contribution >= 4 is 35.5 Å². The molecule has 12 N–H and O–H groups in total. The number of thioether (sulfide) groups is 2. The Morgan fingerprint density at radius 2 is 1.03 bits per heavy atom. The normalized spacial score (nSPS) is 8.26. The van der Waals surface area contributed by atoms with E-state index < -0.39 is 11.9 Å². The van der Waals surface area contributed by atoms with Crippen LogP contribution in [0.2, 0.25) is 0 Å². The third kappa shape index (κ3) is 18.4. The average molecular weight is 531 g/mol. The first-order chi connectivity index (χ1) is 12.4. The van der Waals surface area contributed by atoms with Gasteiger partial charge in [-0.1, -0.05) is 23.5 Å². The fraction of sp³-hybridized carbons (Fsp3) is 0.250. The molecule has 180 valence electrons. The molecule has 2 aromatic heterocycles. The second-order valence-electron chi connectivity index (χ2n) is 4.67. The number of rotatable bonds is 8. The molecule has 2 aromatic rings. The molecule has 0 amide bonds. The van der Waals surface area contributed by atoms with Gasteiger partial charge < -0.3 is 52.1 Å². The number of carbonyl (C=O) groups is 2. The van der Waals surface area contributed by atoms with Gasteiger partial charge in [0.2, 0.25) is 0 Å². The molecule has 0 aliphatic carbocycles. The van der Waals surface area contributed by atoms with E-state index in [2.05, 4.69) is 0 Å². The number of hydrogen-bond acceptors (Lipinski definition) is 8. The Morgan fingerprint density at radius 3 is 1.29 bits per heavy atom. The van der Waals surface area contributed by atoms with E-state index in [-0.39, 0.29) is 51.2 Å². The monoisotopic (exact) mass is 530 g/mol. The fourth-order valence-electron chi connectivity index (χ4n) is 1.53. The van der Waals surface area contributed by atoms with Crippen molar-refractivity contribution in [2.75, 3.05) is 11.5 Å². The molecule has 15 heteroatoms. The van der Waals surface area contributed by atoms with Gasteiger partial charge in [-0.2, -0.15) is 9.46 Å². The SMILES string of the molecule is O=C([O-])CCSc1cccc[n+]1[O-].O=C([O-])CCSc1cccc[n+]1[O-].[Ni+2].[OH3+].[OH3+].[OH3+].[OH3+]. The summed E-state index contributed by atoms with van der Waals surface area (Å²) >= 11 is 2.41. The van der Waals surface area contributed by atoms with Crippen molar-refractivity contribution in [1.82, 2.24) is 0 Å². The molecule has 0 bridgehead atoms. The molecular weight excluding hydrogens is 503 g/mol. The predicted octanol–water partition coefficient (Wildman–Crippen LogP) is -4.59. The Balaban J connectivity index is -0.000000125. The molecule has 0 spiro atoms. The van der Waals surface area contributed by atoms with E-state index in [1.165, 1.54) is 35.9 Å². The van der Waals surface area contributed by atoms with E-state index in [0.29, 0.717) is 31.0 Å². The molecule has 0 aliphatic heterocycles. The number of hydrogen-bond donors (Lipinski definition) is 0. The number of aliphatic carboxylic acids is 2. The summed E-state index contributed by atoms with van der Waals surface area (Å²) in [6, 6.07) is 10.00. The van der Waals surface area contributed by atoms with E-state index in [0.717, 1.165) is 0 Å². The van der Waals surface area contributed by atoms with Crippen LogP contribution in [0, 0.1) is 10.4 Å². The van der Waals surface area contributed by atoms with Gasteiger partial charge in [-0.25, -0.2) is 0 Å². The minimum absolute atomic E-state index is 0. The maximum absolute atomic E-state index is 11.0. The van der Waals surface area contributed by atoms with Gasteiger partial charge in [-0.05, 0) is 25.0 Å². The minimum Gasteiger partial charge on any atom is -0.618 e. The number of pyridine rings is 2. The summed E-state index contributed by atoms with van der Waals surface area (Å²) in [4.78, 5) is 20.1. The van der Waals surface area contributed by atoms with Gasteiger partial charge in [-0.15, -0.1) is 0 Å². The van der Waals surface area contributed by atoms with E-state index in [9.17, 15) is 30.2 Å². The van der Waals surface area contributed by atoms with Crippen LogP contribution in [0.15, 0.2) is 58.8 Å². The molecule has 12 nitrogen and oxygen atoms in total. The van der Waals surface area contributed by atoms with Crippen molar-refractivity contribution < 1.29 is 67.7 Å². The summed E-state index contributed by atoms with van der Waals surface area (Å²) in [5.74, 6) is -1.48. The van der Waals surface area contributed by atoms with Crippen LogP contribution in [0.25, 0.3) is 0 Å². The van der Waals surface area contributed by atoms with E-state index in [1.54, 1.807) is 36.4 Å². The van der Waals surface area contributed by atoms with Crippen molar-refractivity contribution in [3.05, 3.63) is 59.2 Å². The van der Waals surface area contributed by atoms with Crippen molar-refractivity contribution in [2.45, 2.75) is 22.9 Å². The van der Waals surface area contributed by atoms with Gasteiger partial charge >= 0.3 is 16.5 Å². The maximum Gasteiger partial charge on any atom is 2.00 e. The Morgan fingerprint density at radius 1 is 0.710 bits per heavy atom. The van der Waals surface area contributed by atoms with Crippen molar-refractivity contribution in [1.29, 1.82) is 0 Å². The van der Waals surface area contributed by atoms with Crippen LogP contribution < -0.4 is 19.7 Å². The Labute approximate surface area is 196 Å². The molecule has 0 saturated carbocycles. The quantitative estimate of drug-likeness (QED) is 0.105. The second-order valence-corrected chi connectivity index (χ2v) is 6.90. The number of carboxylic acids is 2. The zero-order valence-corrected chi connectivity index (χ0v) is 18.9. The standard InChI is InChI=1S/2C8H9NO3S.Ni.4H2O/c2*10-8(11)4-6-13-7-3-1-2-5-9(7)12;;;;;/h2*1-3,5H,4,6H2,(H,10,11);;4*1H2/q;;+2;;;;/p+2. The number of carboxylic acid groups (broad SMARTS) is 2. The van der Waals surface area contributed by atoms with Crippen LogP contribution in [-0.4, -0.2) is 23.4 Å². The topological polar surface area (TPSA) is 266 Å². The second kappa shape index (κ2) is 22.6. The van der Waals surface area contributed by atoms with Gasteiger partial charge in [0, 0.05) is 47.7 Å².